The van der Waals surface area contributed by atoms with Crippen LogP contribution in [-0.4, -0.2) is 40.6 Å². The van der Waals surface area contributed by atoms with E-state index in [1.807, 2.05) is 20.8 Å². The Kier molecular flexibility index (Phi) is 5.88. The Hall–Kier alpha value is -2.61. The van der Waals surface area contributed by atoms with Gasteiger partial charge < -0.3 is 19.7 Å². The molecule has 0 saturated heterocycles. The van der Waals surface area contributed by atoms with Crippen molar-refractivity contribution in [2.75, 3.05) is 18.5 Å². The monoisotopic (exact) mass is 447 g/mol. The molecule has 148 valence electrons. The Balaban J connectivity index is 1.75. The van der Waals surface area contributed by atoms with Crippen LogP contribution in [0.15, 0.2) is 41.0 Å². The van der Waals surface area contributed by atoms with E-state index in [4.69, 9.17) is 9.47 Å². The van der Waals surface area contributed by atoms with Crippen molar-refractivity contribution >= 4 is 33.6 Å². The third kappa shape index (κ3) is 5.22. The number of halogens is 1. The SMILES string of the molecule is CC(C)(C)OC(=O)N1CCOc2ccc(NC(=O)c3ccc(Br)cn3)cc2C1. The van der Waals surface area contributed by atoms with Gasteiger partial charge in [0.05, 0.1) is 13.1 Å². The van der Waals surface area contributed by atoms with Crippen LogP contribution in [0, 0.1) is 0 Å². The first-order chi connectivity index (χ1) is 13.2. The summed E-state index contributed by atoms with van der Waals surface area (Å²) in [7, 11) is 0. The number of anilines is 1. The van der Waals surface area contributed by atoms with Gasteiger partial charge in [-0.1, -0.05) is 0 Å². The summed E-state index contributed by atoms with van der Waals surface area (Å²) in [5, 5.41) is 2.82. The average Bonchev–Trinajstić information content (AvgIpc) is 2.83. The molecule has 0 aliphatic carbocycles. The van der Waals surface area contributed by atoms with Crippen molar-refractivity contribution in [3.05, 3.63) is 52.3 Å². The molecule has 1 N–H and O–H groups in total. The third-order valence-electron chi connectivity index (χ3n) is 3.91. The summed E-state index contributed by atoms with van der Waals surface area (Å²) < 4.78 is 12.0. The van der Waals surface area contributed by atoms with Crippen molar-refractivity contribution in [1.82, 2.24) is 9.88 Å². The van der Waals surface area contributed by atoms with Gasteiger partial charge >= 0.3 is 6.09 Å². The van der Waals surface area contributed by atoms with Crippen LogP contribution < -0.4 is 10.1 Å². The maximum Gasteiger partial charge on any atom is 0.410 e. The van der Waals surface area contributed by atoms with Gasteiger partial charge in [-0.15, -0.1) is 0 Å². The summed E-state index contributed by atoms with van der Waals surface area (Å²) in [6.45, 7) is 6.63. The Morgan fingerprint density at radius 3 is 2.71 bits per heavy atom. The Morgan fingerprint density at radius 1 is 1.25 bits per heavy atom. The van der Waals surface area contributed by atoms with E-state index in [-0.39, 0.29) is 5.91 Å². The van der Waals surface area contributed by atoms with Crippen LogP contribution in [-0.2, 0) is 11.3 Å². The molecule has 1 aromatic heterocycles. The maximum atomic E-state index is 12.4. The highest BCUT2D eigenvalue weighted by Crippen LogP contribution is 2.27. The summed E-state index contributed by atoms with van der Waals surface area (Å²) >= 11 is 3.29. The Morgan fingerprint density at radius 2 is 2.04 bits per heavy atom. The lowest BCUT2D eigenvalue weighted by Crippen LogP contribution is -2.37. The van der Waals surface area contributed by atoms with E-state index in [9.17, 15) is 9.59 Å². The first-order valence-electron chi connectivity index (χ1n) is 8.88. The number of pyridine rings is 1. The first-order valence-corrected chi connectivity index (χ1v) is 9.67. The Labute approximate surface area is 172 Å². The van der Waals surface area contributed by atoms with Crippen LogP contribution in [0.3, 0.4) is 0 Å². The normalized spacial score (nSPS) is 13.8. The number of nitrogens with one attached hydrogen (secondary N) is 1. The lowest BCUT2D eigenvalue weighted by atomic mass is 10.1. The smallest absolute Gasteiger partial charge is 0.410 e. The summed E-state index contributed by atoms with van der Waals surface area (Å²) in [6.07, 6.45) is 1.18. The number of hydrogen-bond donors (Lipinski definition) is 1. The van der Waals surface area contributed by atoms with Crippen LogP contribution in [0.25, 0.3) is 0 Å². The first kappa shape index (κ1) is 20.1. The second-order valence-corrected chi connectivity index (χ2v) is 8.30. The van der Waals surface area contributed by atoms with Crippen molar-refractivity contribution < 1.29 is 19.1 Å². The molecule has 0 fully saturated rings. The lowest BCUT2D eigenvalue weighted by Gasteiger charge is -2.26. The minimum absolute atomic E-state index is 0.310. The molecular formula is C20H22BrN3O4. The molecule has 0 radical (unpaired) electrons. The number of hydrogen-bond acceptors (Lipinski definition) is 5. The molecule has 7 nitrogen and oxygen atoms in total. The van der Waals surface area contributed by atoms with Gasteiger partial charge in [-0.25, -0.2) is 9.78 Å². The molecule has 0 spiro atoms. The van der Waals surface area contributed by atoms with Crippen molar-refractivity contribution in [3.63, 3.8) is 0 Å². The molecule has 1 aliphatic heterocycles. The highest BCUT2D eigenvalue weighted by Gasteiger charge is 2.25. The van der Waals surface area contributed by atoms with E-state index in [1.165, 1.54) is 0 Å². The molecule has 3 rings (SSSR count). The molecule has 2 aromatic rings. The number of rotatable bonds is 2. The molecule has 2 heterocycles. The predicted octanol–water partition coefficient (Wildman–Crippen LogP) is 4.23. The van der Waals surface area contributed by atoms with Crippen LogP contribution >= 0.6 is 15.9 Å². The summed E-state index contributed by atoms with van der Waals surface area (Å²) in [4.78, 5) is 30.5. The molecule has 2 amide bonds. The zero-order chi connectivity index (χ0) is 20.3. The minimum Gasteiger partial charge on any atom is -0.491 e. The van der Waals surface area contributed by atoms with Crippen LogP contribution in [0.1, 0.15) is 36.8 Å². The van der Waals surface area contributed by atoms with Gasteiger partial charge in [0.1, 0.15) is 23.7 Å². The highest BCUT2D eigenvalue weighted by atomic mass is 79.9. The molecule has 8 heteroatoms. The molecule has 1 aliphatic rings. The highest BCUT2D eigenvalue weighted by molar-refractivity contribution is 9.10. The molecule has 0 saturated carbocycles. The number of benzene rings is 1. The van der Waals surface area contributed by atoms with E-state index in [0.29, 0.717) is 36.8 Å². The average molecular weight is 448 g/mol. The van der Waals surface area contributed by atoms with E-state index < -0.39 is 11.7 Å². The molecular weight excluding hydrogens is 426 g/mol. The Bertz CT molecular complexity index is 878. The van der Waals surface area contributed by atoms with Crippen LogP contribution in [0.2, 0.25) is 0 Å². The molecule has 0 bridgehead atoms. The number of nitrogens with zero attached hydrogens (tertiary/aromatic N) is 2. The summed E-state index contributed by atoms with van der Waals surface area (Å²) in [5.41, 5.74) is 1.14. The quantitative estimate of drug-likeness (QED) is 0.744. The van der Waals surface area contributed by atoms with Crippen LogP contribution in [0.4, 0.5) is 10.5 Å². The standard InChI is InChI=1S/C20H22BrN3O4/c1-20(2,3)28-19(26)24-8-9-27-17-7-5-15(10-13(17)12-24)23-18(25)16-6-4-14(21)11-22-16/h4-7,10-11H,8-9,12H2,1-3H3,(H,23,25). The van der Waals surface area contributed by atoms with Gasteiger partial charge in [-0.05, 0) is 67.0 Å². The van der Waals surface area contributed by atoms with Crippen molar-refractivity contribution in [2.45, 2.75) is 32.9 Å². The van der Waals surface area contributed by atoms with Gasteiger partial charge in [0, 0.05) is 21.9 Å². The van der Waals surface area contributed by atoms with E-state index in [1.54, 1.807) is 41.4 Å². The number of aromatic nitrogens is 1. The third-order valence-corrected chi connectivity index (χ3v) is 4.38. The fourth-order valence-corrected chi connectivity index (χ4v) is 2.89. The molecule has 1 aromatic carbocycles. The van der Waals surface area contributed by atoms with Gasteiger partial charge in [0.25, 0.3) is 5.91 Å². The van der Waals surface area contributed by atoms with Crippen molar-refractivity contribution in [1.29, 1.82) is 0 Å². The van der Waals surface area contributed by atoms with Crippen LogP contribution in [0.5, 0.6) is 5.75 Å². The molecule has 0 unspecified atom stereocenters. The van der Waals surface area contributed by atoms with E-state index in [2.05, 4.69) is 26.2 Å². The predicted molar refractivity (Wildman–Crippen MR) is 108 cm³/mol. The number of fused-ring (bicyclic) bond motifs is 1. The van der Waals surface area contributed by atoms with Gasteiger partial charge in [-0.3, -0.25) is 4.79 Å². The minimum atomic E-state index is -0.569. The van der Waals surface area contributed by atoms with Gasteiger partial charge in [0.15, 0.2) is 0 Å². The molecule has 28 heavy (non-hydrogen) atoms. The topological polar surface area (TPSA) is 80.8 Å². The number of carbonyl (C=O) groups excluding carboxylic acids is 2. The van der Waals surface area contributed by atoms with Gasteiger partial charge in [-0.2, -0.15) is 0 Å². The fraction of sp³-hybridized carbons (Fsp3) is 0.350. The molecule has 0 atom stereocenters. The summed E-state index contributed by atoms with van der Waals surface area (Å²) in [6, 6.07) is 8.74. The number of amides is 2. The van der Waals surface area contributed by atoms with Crippen molar-refractivity contribution in [2.24, 2.45) is 0 Å². The van der Waals surface area contributed by atoms with E-state index >= 15 is 0 Å². The second kappa shape index (κ2) is 8.18. The number of ether oxygens (including phenoxy) is 2. The number of carbonyl (C=O) groups is 2. The van der Waals surface area contributed by atoms with E-state index in [0.717, 1.165) is 10.0 Å². The maximum absolute atomic E-state index is 12.4. The van der Waals surface area contributed by atoms with Gasteiger partial charge in [0.2, 0.25) is 0 Å². The zero-order valence-electron chi connectivity index (χ0n) is 16.0. The second-order valence-electron chi connectivity index (χ2n) is 7.39. The fourth-order valence-electron chi connectivity index (χ4n) is 2.66. The zero-order valence-corrected chi connectivity index (χ0v) is 17.6. The largest absolute Gasteiger partial charge is 0.491 e. The van der Waals surface area contributed by atoms with Crippen molar-refractivity contribution in [3.8, 4) is 5.75 Å². The summed E-state index contributed by atoms with van der Waals surface area (Å²) in [5.74, 6) is 0.372. The lowest BCUT2D eigenvalue weighted by molar-refractivity contribution is 0.0225.